The Hall–Kier alpha value is -0.160. The topological polar surface area (TPSA) is 12.5 Å². The number of morpholine rings is 1. The lowest BCUT2D eigenvalue weighted by Crippen LogP contribution is -2.45. The average Bonchev–Trinajstić information content (AvgIpc) is 2.34. The lowest BCUT2D eigenvalue weighted by Gasteiger charge is -2.34. The predicted octanol–water partition coefficient (Wildman–Crippen LogP) is 3.07. The van der Waals surface area contributed by atoms with Gasteiger partial charge in [-0.25, -0.2) is 4.39 Å². The third-order valence-corrected chi connectivity index (χ3v) is 4.02. The van der Waals surface area contributed by atoms with E-state index in [4.69, 9.17) is 16.3 Å². The van der Waals surface area contributed by atoms with Crippen LogP contribution in [0.3, 0.4) is 0 Å². The van der Waals surface area contributed by atoms with Crippen molar-refractivity contribution in [3.63, 3.8) is 0 Å². The molecule has 1 heterocycles. The van der Waals surface area contributed by atoms with Crippen LogP contribution in [-0.2, 0) is 11.3 Å². The molecule has 1 fully saturated rings. The Bertz CT molecular complexity index is 391. The molecule has 1 atom stereocenters. The van der Waals surface area contributed by atoms with Gasteiger partial charge in [-0.2, -0.15) is 0 Å². The second-order valence-corrected chi connectivity index (χ2v) is 5.14. The zero-order valence-electron chi connectivity index (χ0n) is 9.33. The fourth-order valence-electron chi connectivity index (χ4n) is 1.92. The molecule has 0 radical (unpaired) electrons. The van der Waals surface area contributed by atoms with E-state index in [1.54, 1.807) is 6.07 Å². The molecule has 94 valence electrons. The highest BCUT2D eigenvalue weighted by atomic mass is 79.9. The minimum Gasteiger partial charge on any atom is -0.378 e. The highest BCUT2D eigenvalue weighted by molar-refractivity contribution is 9.09. The molecule has 1 unspecified atom stereocenters. The molecule has 5 heteroatoms. The van der Waals surface area contributed by atoms with Crippen molar-refractivity contribution in [2.24, 2.45) is 0 Å². The third-order valence-electron chi connectivity index (χ3n) is 2.91. The van der Waals surface area contributed by atoms with E-state index >= 15 is 0 Å². The van der Waals surface area contributed by atoms with Crippen molar-refractivity contribution in [2.75, 3.05) is 25.1 Å². The van der Waals surface area contributed by atoms with Crippen LogP contribution in [0, 0.1) is 5.82 Å². The Labute approximate surface area is 114 Å². The summed E-state index contributed by atoms with van der Waals surface area (Å²) < 4.78 is 18.6. The number of ether oxygens (including phenoxy) is 1. The molecule has 0 amide bonds. The number of rotatable bonds is 3. The molecule has 0 spiro atoms. The second kappa shape index (κ2) is 6.14. The normalized spacial score (nSPS) is 21.7. The van der Waals surface area contributed by atoms with Crippen molar-refractivity contribution >= 4 is 27.5 Å². The summed E-state index contributed by atoms with van der Waals surface area (Å²) in [5.74, 6) is -0.243. The minimum atomic E-state index is -0.243. The van der Waals surface area contributed by atoms with Gasteiger partial charge in [0.15, 0.2) is 0 Å². The van der Waals surface area contributed by atoms with Crippen LogP contribution in [0.4, 0.5) is 4.39 Å². The van der Waals surface area contributed by atoms with Crippen LogP contribution < -0.4 is 0 Å². The number of nitrogens with zero attached hydrogens (tertiary/aromatic N) is 1. The van der Waals surface area contributed by atoms with E-state index in [9.17, 15) is 4.39 Å². The molecule has 17 heavy (non-hydrogen) atoms. The SMILES string of the molecule is Fc1ccc(Cl)c(CN2CCOCC2CBr)c1. The van der Waals surface area contributed by atoms with Gasteiger partial charge in [-0.15, -0.1) is 0 Å². The molecule has 0 aliphatic carbocycles. The van der Waals surface area contributed by atoms with Crippen molar-refractivity contribution in [3.8, 4) is 0 Å². The van der Waals surface area contributed by atoms with Gasteiger partial charge < -0.3 is 4.74 Å². The summed E-state index contributed by atoms with van der Waals surface area (Å²) >= 11 is 9.54. The first-order valence-electron chi connectivity index (χ1n) is 5.52. The largest absolute Gasteiger partial charge is 0.378 e. The minimum absolute atomic E-state index is 0.243. The Morgan fingerprint density at radius 1 is 1.53 bits per heavy atom. The molecular weight excluding hydrogens is 308 g/mol. The van der Waals surface area contributed by atoms with Crippen molar-refractivity contribution in [1.82, 2.24) is 4.90 Å². The van der Waals surface area contributed by atoms with Crippen molar-refractivity contribution in [3.05, 3.63) is 34.6 Å². The number of hydrogen-bond donors (Lipinski definition) is 0. The van der Waals surface area contributed by atoms with Crippen LogP contribution in [0.5, 0.6) is 0 Å². The molecular formula is C12H14BrClFNO. The fourth-order valence-corrected chi connectivity index (χ4v) is 2.70. The molecule has 0 aromatic heterocycles. The summed E-state index contributed by atoms with van der Waals surface area (Å²) in [6, 6.07) is 4.81. The first kappa shape index (κ1) is 13.3. The molecule has 0 N–H and O–H groups in total. The predicted molar refractivity (Wildman–Crippen MR) is 70.2 cm³/mol. The van der Waals surface area contributed by atoms with Gasteiger partial charge in [0, 0.05) is 29.5 Å². The highest BCUT2D eigenvalue weighted by Crippen LogP contribution is 2.21. The van der Waals surface area contributed by atoms with E-state index in [1.165, 1.54) is 12.1 Å². The van der Waals surface area contributed by atoms with Gasteiger partial charge >= 0.3 is 0 Å². The van der Waals surface area contributed by atoms with Gasteiger partial charge in [-0.3, -0.25) is 4.90 Å². The Morgan fingerprint density at radius 2 is 2.35 bits per heavy atom. The summed E-state index contributed by atoms with van der Waals surface area (Å²) in [6.07, 6.45) is 0. The molecule has 0 saturated carbocycles. The first-order chi connectivity index (χ1) is 8.20. The molecule has 1 aromatic rings. The smallest absolute Gasteiger partial charge is 0.123 e. The number of alkyl halides is 1. The summed E-state index contributed by atoms with van der Waals surface area (Å²) in [7, 11) is 0. The number of halogens is 3. The van der Waals surface area contributed by atoms with E-state index < -0.39 is 0 Å². The second-order valence-electron chi connectivity index (χ2n) is 4.09. The maximum absolute atomic E-state index is 13.2. The summed E-state index contributed by atoms with van der Waals surface area (Å²) in [6.45, 7) is 2.94. The molecule has 2 nitrogen and oxygen atoms in total. The molecule has 1 aromatic carbocycles. The maximum Gasteiger partial charge on any atom is 0.123 e. The van der Waals surface area contributed by atoms with E-state index in [2.05, 4.69) is 20.8 Å². The molecule has 1 aliphatic rings. The molecule has 1 saturated heterocycles. The summed E-state index contributed by atoms with van der Waals surface area (Å²) in [4.78, 5) is 2.26. The summed E-state index contributed by atoms with van der Waals surface area (Å²) in [5.41, 5.74) is 0.833. The van der Waals surface area contributed by atoms with Crippen molar-refractivity contribution in [2.45, 2.75) is 12.6 Å². The van der Waals surface area contributed by atoms with Gasteiger partial charge in [-0.1, -0.05) is 27.5 Å². The Balaban J connectivity index is 2.10. The van der Waals surface area contributed by atoms with Crippen LogP contribution in [0.25, 0.3) is 0 Å². The summed E-state index contributed by atoms with van der Waals surface area (Å²) in [5, 5.41) is 1.46. The molecule has 2 rings (SSSR count). The quantitative estimate of drug-likeness (QED) is 0.793. The van der Waals surface area contributed by atoms with Crippen molar-refractivity contribution < 1.29 is 9.13 Å². The number of hydrogen-bond acceptors (Lipinski definition) is 2. The Kier molecular flexibility index (Phi) is 4.79. The van der Waals surface area contributed by atoms with Crippen LogP contribution in [-0.4, -0.2) is 36.0 Å². The van der Waals surface area contributed by atoms with Crippen LogP contribution in [0.15, 0.2) is 18.2 Å². The maximum atomic E-state index is 13.2. The van der Waals surface area contributed by atoms with E-state index in [-0.39, 0.29) is 5.82 Å². The fraction of sp³-hybridized carbons (Fsp3) is 0.500. The third kappa shape index (κ3) is 3.41. The average molecular weight is 323 g/mol. The first-order valence-corrected chi connectivity index (χ1v) is 7.02. The highest BCUT2D eigenvalue weighted by Gasteiger charge is 2.22. The van der Waals surface area contributed by atoms with E-state index in [0.717, 1.165) is 24.0 Å². The van der Waals surface area contributed by atoms with Gasteiger partial charge in [0.2, 0.25) is 0 Å². The van der Waals surface area contributed by atoms with Gasteiger partial charge in [0.05, 0.1) is 13.2 Å². The zero-order chi connectivity index (χ0) is 12.3. The zero-order valence-corrected chi connectivity index (χ0v) is 11.7. The number of benzene rings is 1. The molecule has 1 aliphatic heterocycles. The lowest BCUT2D eigenvalue weighted by molar-refractivity contribution is -0.00214. The van der Waals surface area contributed by atoms with Gasteiger partial charge in [-0.05, 0) is 23.8 Å². The standard InChI is InChI=1S/C12H14BrClFNO/c13-6-11-8-17-4-3-16(11)7-9-5-10(15)1-2-12(9)14/h1-2,5,11H,3-4,6-8H2. The lowest BCUT2D eigenvalue weighted by atomic mass is 10.1. The van der Waals surface area contributed by atoms with E-state index in [0.29, 0.717) is 24.2 Å². The monoisotopic (exact) mass is 321 g/mol. The van der Waals surface area contributed by atoms with Crippen LogP contribution >= 0.6 is 27.5 Å². The Morgan fingerprint density at radius 3 is 3.12 bits per heavy atom. The van der Waals surface area contributed by atoms with Crippen LogP contribution in [0.2, 0.25) is 5.02 Å². The van der Waals surface area contributed by atoms with Gasteiger partial charge in [0.1, 0.15) is 5.82 Å². The van der Waals surface area contributed by atoms with Crippen LogP contribution in [0.1, 0.15) is 5.56 Å². The van der Waals surface area contributed by atoms with E-state index in [1.807, 2.05) is 0 Å². The van der Waals surface area contributed by atoms with Gasteiger partial charge in [0.25, 0.3) is 0 Å². The molecule has 0 bridgehead atoms. The van der Waals surface area contributed by atoms with Crippen molar-refractivity contribution in [1.29, 1.82) is 0 Å².